The zero-order valence-corrected chi connectivity index (χ0v) is 16.7. The highest BCUT2D eigenvalue weighted by molar-refractivity contribution is 14.1. The number of halogens is 2. The molecule has 0 bridgehead atoms. The van der Waals surface area contributed by atoms with Gasteiger partial charge in [0, 0.05) is 36.1 Å². The van der Waals surface area contributed by atoms with Crippen LogP contribution < -0.4 is 4.91 Å². The van der Waals surface area contributed by atoms with Crippen molar-refractivity contribution in [2.45, 2.75) is 6.54 Å². The lowest BCUT2D eigenvalue weighted by atomic mass is 10.0. The first-order valence-electron chi connectivity index (χ1n) is 7.55. The summed E-state index contributed by atoms with van der Waals surface area (Å²) in [5.74, 6) is 0. The molecule has 0 saturated heterocycles. The Bertz CT molecular complexity index is 1160. The predicted molar refractivity (Wildman–Crippen MR) is 110 cm³/mol. The van der Waals surface area contributed by atoms with Crippen LogP contribution in [0.4, 0.5) is 0 Å². The van der Waals surface area contributed by atoms with Gasteiger partial charge in [0.2, 0.25) is 4.91 Å². The van der Waals surface area contributed by atoms with E-state index in [1.165, 1.54) is 0 Å². The molecule has 7 heteroatoms. The summed E-state index contributed by atoms with van der Waals surface area (Å²) >= 11 is 5.82. The van der Waals surface area contributed by atoms with Gasteiger partial charge in [0.15, 0.2) is 0 Å². The van der Waals surface area contributed by atoms with Crippen LogP contribution in [0.15, 0.2) is 58.2 Å². The molecule has 0 aliphatic heterocycles. The maximum Gasteiger partial charge on any atom is 0.214 e. The van der Waals surface area contributed by atoms with Gasteiger partial charge in [-0.2, -0.15) is 0 Å². The average molecular weight is 505 g/mol. The molecule has 2 heterocycles. The number of benzene rings is 2. The zero-order valence-electron chi connectivity index (χ0n) is 12.9. The standard InChI is InChI=1S/C18H12BrIN5/c19-11-1-3-16-14(6-11)15(9-22-16)18-5-10(8-23-25-21)13-7-12(20)2-4-17(13)24-18/h1-7,9,21-22H,8H2/q+1. The molecule has 0 unspecified atom stereocenters. The third kappa shape index (κ3) is 3.10. The summed E-state index contributed by atoms with van der Waals surface area (Å²) in [5, 5.41) is 6.02. The molecule has 0 radical (unpaired) electrons. The lowest BCUT2D eigenvalue weighted by Crippen LogP contribution is -1.92. The van der Waals surface area contributed by atoms with E-state index in [0.29, 0.717) is 6.54 Å². The van der Waals surface area contributed by atoms with Crippen LogP contribution >= 0.6 is 38.5 Å². The van der Waals surface area contributed by atoms with Crippen molar-refractivity contribution in [2.75, 3.05) is 0 Å². The highest BCUT2D eigenvalue weighted by atomic mass is 127. The third-order valence-corrected chi connectivity index (χ3v) is 5.25. The minimum Gasteiger partial charge on any atom is -0.360 e. The molecule has 4 aromatic rings. The molecule has 5 nitrogen and oxygen atoms in total. The molecule has 0 aliphatic carbocycles. The van der Waals surface area contributed by atoms with Crippen molar-refractivity contribution in [1.82, 2.24) is 14.9 Å². The molecule has 0 aliphatic rings. The van der Waals surface area contributed by atoms with Gasteiger partial charge in [-0.25, -0.2) is 4.98 Å². The van der Waals surface area contributed by atoms with E-state index >= 15 is 0 Å². The van der Waals surface area contributed by atoms with E-state index in [1.54, 1.807) is 0 Å². The number of H-pyrrole nitrogens is 1. The van der Waals surface area contributed by atoms with E-state index < -0.39 is 0 Å². The molecule has 0 saturated carbocycles. The zero-order chi connectivity index (χ0) is 17.4. The van der Waals surface area contributed by atoms with Crippen molar-refractivity contribution in [3.63, 3.8) is 0 Å². The Balaban J connectivity index is 1.99. The number of rotatable bonds is 3. The first-order chi connectivity index (χ1) is 12.2. The van der Waals surface area contributed by atoms with Crippen LogP contribution in [-0.4, -0.2) is 9.97 Å². The summed E-state index contributed by atoms with van der Waals surface area (Å²) in [6, 6.07) is 14.3. The Morgan fingerprint density at radius 2 is 2.04 bits per heavy atom. The molecule has 4 rings (SSSR count). The maximum absolute atomic E-state index is 6.96. The molecule has 2 aromatic heterocycles. The summed E-state index contributed by atoms with van der Waals surface area (Å²) < 4.78 is 2.17. The van der Waals surface area contributed by atoms with Crippen molar-refractivity contribution < 1.29 is 0 Å². The van der Waals surface area contributed by atoms with Crippen LogP contribution in [0.2, 0.25) is 0 Å². The highest BCUT2D eigenvalue weighted by Gasteiger charge is 2.13. The van der Waals surface area contributed by atoms with E-state index in [9.17, 15) is 0 Å². The monoisotopic (exact) mass is 504 g/mol. The van der Waals surface area contributed by atoms with Crippen LogP contribution in [0.5, 0.6) is 0 Å². The fourth-order valence-electron chi connectivity index (χ4n) is 2.95. The summed E-state index contributed by atoms with van der Waals surface area (Å²) in [5.41, 5.74) is 11.9. The quantitative estimate of drug-likeness (QED) is 0.206. The fraction of sp³-hybridized carbons (Fsp3) is 0.0556. The molecule has 0 fully saturated rings. The molecule has 2 aromatic carbocycles. The number of nitrogens with zero attached hydrogens (tertiary/aromatic N) is 3. The Hall–Kier alpha value is -2.09. The highest BCUT2D eigenvalue weighted by Crippen LogP contribution is 2.32. The van der Waals surface area contributed by atoms with E-state index in [0.717, 1.165) is 46.7 Å². The van der Waals surface area contributed by atoms with Crippen LogP contribution in [-0.2, 0) is 6.54 Å². The number of aromatic amines is 1. The van der Waals surface area contributed by atoms with Gasteiger partial charge in [0.05, 0.1) is 11.2 Å². The molecule has 25 heavy (non-hydrogen) atoms. The van der Waals surface area contributed by atoms with Crippen molar-refractivity contribution in [3.8, 4) is 11.3 Å². The lowest BCUT2D eigenvalue weighted by Gasteiger charge is -2.07. The minimum absolute atomic E-state index is 0.363. The number of pyridine rings is 1. The second-order valence-electron chi connectivity index (χ2n) is 5.62. The van der Waals surface area contributed by atoms with Crippen LogP contribution in [0.3, 0.4) is 0 Å². The molecule has 122 valence electrons. The Labute approximate surface area is 165 Å². The van der Waals surface area contributed by atoms with Gasteiger partial charge >= 0.3 is 0 Å². The predicted octanol–water partition coefficient (Wildman–Crippen LogP) is 5.80. The molecule has 0 spiro atoms. The first kappa shape index (κ1) is 16.4. The van der Waals surface area contributed by atoms with Crippen molar-refractivity contribution in [3.05, 3.63) is 62.3 Å². The SMILES string of the molecule is N=[N+]=NCc1cc(-c2c[nH]c3ccc(Br)cc23)nc2ccc(I)cc12. The van der Waals surface area contributed by atoms with Crippen LogP contribution in [0.25, 0.3) is 33.1 Å². The van der Waals surface area contributed by atoms with Gasteiger partial charge in [-0.05, 0) is 70.6 Å². The molecular weight excluding hydrogens is 493 g/mol. The van der Waals surface area contributed by atoms with Gasteiger partial charge in [0.1, 0.15) is 17.2 Å². The lowest BCUT2D eigenvalue weighted by molar-refractivity contribution is 0.861. The molecule has 0 amide bonds. The van der Waals surface area contributed by atoms with Crippen LogP contribution in [0.1, 0.15) is 5.56 Å². The van der Waals surface area contributed by atoms with Gasteiger partial charge in [-0.1, -0.05) is 15.9 Å². The summed E-state index contributed by atoms with van der Waals surface area (Å²) in [6.45, 7) is 0.363. The Morgan fingerprint density at radius 1 is 1.16 bits per heavy atom. The van der Waals surface area contributed by atoms with Crippen molar-refractivity contribution in [2.24, 2.45) is 5.11 Å². The third-order valence-electron chi connectivity index (χ3n) is 4.09. The second kappa shape index (κ2) is 6.67. The average Bonchev–Trinajstić information content (AvgIpc) is 3.02. The van der Waals surface area contributed by atoms with Gasteiger partial charge in [-0.15, -0.1) is 0 Å². The first-order valence-corrected chi connectivity index (χ1v) is 9.42. The van der Waals surface area contributed by atoms with Crippen molar-refractivity contribution >= 4 is 60.3 Å². The molecule has 2 N–H and O–H groups in total. The van der Waals surface area contributed by atoms with Gasteiger partial charge in [0.25, 0.3) is 0 Å². The van der Waals surface area contributed by atoms with Crippen molar-refractivity contribution in [1.29, 1.82) is 5.53 Å². The second-order valence-corrected chi connectivity index (χ2v) is 7.78. The van der Waals surface area contributed by atoms with E-state index in [1.807, 2.05) is 36.5 Å². The Morgan fingerprint density at radius 3 is 2.88 bits per heavy atom. The smallest absolute Gasteiger partial charge is 0.214 e. The number of hydrogen-bond donors (Lipinski definition) is 2. The Kier molecular flexibility index (Phi) is 4.37. The number of nitrogens with one attached hydrogen (secondary N) is 2. The van der Waals surface area contributed by atoms with Crippen LogP contribution in [0, 0.1) is 9.10 Å². The summed E-state index contributed by atoms with van der Waals surface area (Å²) in [6.07, 6.45) is 1.98. The number of fused-ring (bicyclic) bond motifs is 2. The minimum atomic E-state index is 0.363. The van der Waals surface area contributed by atoms with Gasteiger partial charge < -0.3 is 4.98 Å². The number of hydrogen-bond acceptors (Lipinski definition) is 3. The summed E-state index contributed by atoms with van der Waals surface area (Å²) in [4.78, 5) is 11.3. The fourth-order valence-corrected chi connectivity index (χ4v) is 3.81. The van der Waals surface area contributed by atoms with Gasteiger partial charge in [-0.3, -0.25) is 0 Å². The number of aromatic nitrogens is 2. The van der Waals surface area contributed by atoms with E-state index in [-0.39, 0.29) is 0 Å². The molecule has 0 atom stereocenters. The maximum atomic E-state index is 6.96. The normalized spacial score (nSPS) is 11.0. The molecular formula is C18H12BrIN5+. The topological polar surface area (TPSA) is 79.0 Å². The van der Waals surface area contributed by atoms with E-state index in [4.69, 9.17) is 10.5 Å². The van der Waals surface area contributed by atoms with E-state index in [2.05, 4.69) is 65.7 Å². The largest absolute Gasteiger partial charge is 0.360 e. The summed E-state index contributed by atoms with van der Waals surface area (Å²) in [7, 11) is 0.